The predicted molar refractivity (Wildman–Crippen MR) is 85.0 cm³/mol. The molecule has 0 saturated heterocycles. The fourth-order valence-electron chi connectivity index (χ4n) is 2.26. The van der Waals surface area contributed by atoms with E-state index in [0.717, 1.165) is 16.9 Å². The Kier molecular flexibility index (Phi) is 3.80. The number of carbonyl (C=O) groups is 1. The second-order valence-electron chi connectivity index (χ2n) is 5.08. The number of carboxylic acids is 1. The first-order chi connectivity index (χ1) is 11.1. The first-order valence-corrected chi connectivity index (χ1v) is 6.99. The van der Waals surface area contributed by atoms with Crippen LogP contribution in [0.5, 0.6) is 5.75 Å². The first kappa shape index (κ1) is 14.8. The molecule has 6 heteroatoms. The molecule has 0 saturated carbocycles. The fourth-order valence-corrected chi connectivity index (χ4v) is 2.26. The smallest absolute Gasteiger partial charge is 0.335 e. The van der Waals surface area contributed by atoms with Crippen molar-refractivity contribution < 1.29 is 14.6 Å². The van der Waals surface area contributed by atoms with Gasteiger partial charge in [0.25, 0.3) is 0 Å². The lowest BCUT2D eigenvalue weighted by Crippen LogP contribution is -2.02. The van der Waals surface area contributed by atoms with Gasteiger partial charge in [-0.15, -0.1) is 5.10 Å². The number of rotatable bonds is 4. The van der Waals surface area contributed by atoms with Crippen LogP contribution in [0.3, 0.4) is 0 Å². The van der Waals surface area contributed by atoms with Gasteiger partial charge in [0.2, 0.25) is 0 Å². The maximum Gasteiger partial charge on any atom is 0.335 e. The average molecular weight is 309 g/mol. The van der Waals surface area contributed by atoms with Crippen LogP contribution in [0.1, 0.15) is 15.9 Å². The third-order valence-electron chi connectivity index (χ3n) is 3.58. The van der Waals surface area contributed by atoms with Gasteiger partial charge in [0.1, 0.15) is 11.4 Å². The Hall–Kier alpha value is -3.15. The lowest BCUT2D eigenvalue weighted by atomic mass is 10.1. The maximum atomic E-state index is 11.1. The fraction of sp³-hybridized carbons (Fsp3) is 0.118. The summed E-state index contributed by atoms with van der Waals surface area (Å²) in [6.45, 7) is 1.90. The second kappa shape index (κ2) is 5.92. The van der Waals surface area contributed by atoms with E-state index in [2.05, 4.69) is 10.3 Å². The topological polar surface area (TPSA) is 77.2 Å². The molecule has 0 atom stereocenters. The summed E-state index contributed by atoms with van der Waals surface area (Å²) in [5.74, 6) is -0.201. The average Bonchev–Trinajstić information content (AvgIpc) is 3.05. The molecule has 0 radical (unpaired) electrons. The molecule has 6 nitrogen and oxygen atoms in total. The molecule has 1 heterocycles. The zero-order valence-electron chi connectivity index (χ0n) is 12.7. The Morgan fingerprint density at radius 2 is 1.91 bits per heavy atom. The van der Waals surface area contributed by atoms with E-state index < -0.39 is 5.97 Å². The van der Waals surface area contributed by atoms with Crippen LogP contribution in [0, 0.1) is 6.92 Å². The van der Waals surface area contributed by atoms with Gasteiger partial charge < -0.3 is 9.84 Å². The molecule has 0 aliphatic heterocycles. The van der Waals surface area contributed by atoms with Crippen molar-refractivity contribution in [3.63, 3.8) is 0 Å². The Balaban J connectivity index is 1.98. The van der Waals surface area contributed by atoms with Crippen LogP contribution in [0.2, 0.25) is 0 Å². The number of hydrogen-bond donors (Lipinski definition) is 1. The van der Waals surface area contributed by atoms with Crippen molar-refractivity contribution in [2.75, 3.05) is 7.11 Å². The summed E-state index contributed by atoms with van der Waals surface area (Å²) in [7, 11) is 1.61. The lowest BCUT2D eigenvalue weighted by Gasteiger charge is -2.06. The first-order valence-electron chi connectivity index (χ1n) is 6.99. The molecule has 0 amide bonds. The molecule has 1 N–H and O–H groups in total. The quantitative estimate of drug-likeness (QED) is 0.801. The summed E-state index contributed by atoms with van der Waals surface area (Å²) in [4.78, 5) is 11.1. The van der Waals surface area contributed by atoms with Crippen molar-refractivity contribution in [3.8, 4) is 22.7 Å². The number of carboxylic acid groups (broad SMARTS) is 1. The zero-order chi connectivity index (χ0) is 16.4. The van der Waals surface area contributed by atoms with Crippen molar-refractivity contribution in [2.45, 2.75) is 6.92 Å². The Morgan fingerprint density at radius 1 is 1.17 bits per heavy atom. The maximum absolute atomic E-state index is 11.1. The van der Waals surface area contributed by atoms with E-state index >= 15 is 0 Å². The highest BCUT2D eigenvalue weighted by molar-refractivity contribution is 5.88. The SMILES string of the molecule is COc1ccc(-c2cn(-c3cc(C(=O)O)ccc3C)nn2)cc1. The van der Waals surface area contributed by atoms with Crippen molar-refractivity contribution in [2.24, 2.45) is 0 Å². The van der Waals surface area contributed by atoms with Crippen molar-refractivity contribution in [1.29, 1.82) is 0 Å². The number of ether oxygens (including phenoxy) is 1. The minimum absolute atomic E-state index is 0.215. The van der Waals surface area contributed by atoms with Gasteiger partial charge in [-0.2, -0.15) is 0 Å². The van der Waals surface area contributed by atoms with Crippen LogP contribution in [-0.4, -0.2) is 33.2 Å². The van der Waals surface area contributed by atoms with Crippen LogP contribution >= 0.6 is 0 Å². The minimum atomic E-state index is -0.971. The summed E-state index contributed by atoms with van der Waals surface area (Å²) in [6.07, 6.45) is 1.77. The van der Waals surface area contributed by atoms with Gasteiger partial charge in [0, 0.05) is 5.56 Å². The molecule has 0 spiro atoms. The highest BCUT2D eigenvalue weighted by Gasteiger charge is 2.11. The van der Waals surface area contributed by atoms with E-state index in [1.54, 1.807) is 36.2 Å². The number of hydrogen-bond acceptors (Lipinski definition) is 4. The molecule has 2 aromatic carbocycles. The van der Waals surface area contributed by atoms with E-state index in [4.69, 9.17) is 9.84 Å². The monoisotopic (exact) mass is 309 g/mol. The highest BCUT2D eigenvalue weighted by Crippen LogP contribution is 2.22. The van der Waals surface area contributed by atoms with Gasteiger partial charge in [-0.3, -0.25) is 0 Å². The lowest BCUT2D eigenvalue weighted by molar-refractivity contribution is 0.0697. The highest BCUT2D eigenvalue weighted by atomic mass is 16.5. The molecule has 0 fully saturated rings. The normalized spacial score (nSPS) is 10.5. The molecule has 116 valence electrons. The Labute approximate surface area is 133 Å². The predicted octanol–water partition coefficient (Wildman–Crippen LogP) is 2.95. The standard InChI is InChI=1S/C17H15N3O3/c1-11-3-4-13(17(21)22)9-16(11)20-10-15(18-19-20)12-5-7-14(23-2)8-6-12/h3-10H,1-2H3,(H,21,22). The molecule has 0 aliphatic carbocycles. The van der Waals surface area contributed by atoms with Gasteiger partial charge in [0.15, 0.2) is 0 Å². The largest absolute Gasteiger partial charge is 0.497 e. The van der Waals surface area contributed by atoms with Crippen LogP contribution in [0.25, 0.3) is 16.9 Å². The van der Waals surface area contributed by atoms with E-state index in [0.29, 0.717) is 11.4 Å². The molecule has 0 bridgehead atoms. The van der Waals surface area contributed by atoms with E-state index in [1.807, 2.05) is 31.2 Å². The van der Waals surface area contributed by atoms with Crippen LogP contribution in [0.4, 0.5) is 0 Å². The van der Waals surface area contributed by atoms with Gasteiger partial charge in [-0.1, -0.05) is 11.3 Å². The second-order valence-corrected chi connectivity index (χ2v) is 5.08. The van der Waals surface area contributed by atoms with Gasteiger partial charge in [0.05, 0.1) is 24.6 Å². The number of benzene rings is 2. The van der Waals surface area contributed by atoms with Gasteiger partial charge >= 0.3 is 5.97 Å². The number of aryl methyl sites for hydroxylation is 1. The summed E-state index contributed by atoms with van der Waals surface area (Å²) >= 11 is 0. The third-order valence-corrected chi connectivity index (χ3v) is 3.58. The number of aromatic nitrogens is 3. The molecule has 0 unspecified atom stereocenters. The summed E-state index contributed by atoms with van der Waals surface area (Å²) < 4.78 is 6.72. The Bertz CT molecular complexity index is 854. The summed E-state index contributed by atoms with van der Waals surface area (Å²) in [6, 6.07) is 12.4. The summed E-state index contributed by atoms with van der Waals surface area (Å²) in [5, 5.41) is 17.4. The minimum Gasteiger partial charge on any atom is -0.497 e. The van der Waals surface area contributed by atoms with E-state index in [1.165, 1.54) is 0 Å². The molecule has 3 rings (SSSR count). The summed E-state index contributed by atoms with van der Waals surface area (Å²) in [5.41, 5.74) is 3.43. The van der Waals surface area contributed by atoms with Gasteiger partial charge in [-0.25, -0.2) is 9.48 Å². The molecule has 0 aliphatic rings. The molecule has 23 heavy (non-hydrogen) atoms. The van der Waals surface area contributed by atoms with Crippen LogP contribution in [0.15, 0.2) is 48.7 Å². The number of aromatic carboxylic acids is 1. The van der Waals surface area contributed by atoms with E-state index in [9.17, 15) is 4.79 Å². The zero-order valence-corrected chi connectivity index (χ0v) is 12.7. The number of methoxy groups -OCH3 is 1. The van der Waals surface area contributed by atoms with Crippen LogP contribution < -0.4 is 4.74 Å². The van der Waals surface area contributed by atoms with Crippen molar-refractivity contribution >= 4 is 5.97 Å². The van der Waals surface area contributed by atoms with Crippen molar-refractivity contribution in [1.82, 2.24) is 15.0 Å². The third kappa shape index (κ3) is 2.91. The van der Waals surface area contributed by atoms with Crippen LogP contribution in [-0.2, 0) is 0 Å². The molecular formula is C17H15N3O3. The molecular weight excluding hydrogens is 294 g/mol. The van der Waals surface area contributed by atoms with Gasteiger partial charge in [-0.05, 0) is 48.9 Å². The molecule has 1 aromatic heterocycles. The van der Waals surface area contributed by atoms with E-state index in [-0.39, 0.29) is 5.56 Å². The number of nitrogens with zero attached hydrogens (tertiary/aromatic N) is 3. The Morgan fingerprint density at radius 3 is 2.57 bits per heavy atom. The molecule has 3 aromatic rings. The van der Waals surface area contributed by atoms with Crippen molar-refractivity contribution in [3.05, 3.63) is 59.8 Å².